The van der Waals surface area contributed by atoms with Gasteiger partial charge in [0.2, 0.25) is 0 Å². The molecular weight excluding hydrogens is 272 g/mol. The van der Waals surface area contributed by atoms with Gasteiger partial charge in [-0.25, -0.2) is 14.8 Å². The van der Waals surface area contributed by atoms with Crippen molar-refractivity contribution in [2.45, 2.75) is 6.54 Å². The average molecular weight is 282 g/mol. The molecule has 0 radical (unpaired) electrons. The fourth-order valence-electron chi connectivity index (χ4n) is 2.17. The summed E-state index contributed by atoms with van der Waals surface area (Å²) in [4.78, 5) is 23.4. The summed E-state index contributed by atoms with van der Waals surface area (Å²) in [5, 5.41) is 0. The Labute approximate surface area is 117 Å². The smallest absolute Gasteiger partial charge is 0.329 e. The molecule has 4 aromatic rings. The highest BCUT2D eigenvalue weighted by atomic mass is 16.3. The van der Waals surface area contributed by atoms with Gasteiger partial charge in [0.25, 0.3) is 0 Å². The van der Waals surface area contributed by atoms with Crippen molar-refractivity contribution in [3.8, 4) is 11.5 Å². The summed E-state index contributed by atoms with van der Waals surface area (Å²) in [6.45, 7) is 0.294. The molecule has 0 amide bonds. The van der Waals surface area contributed by atoms with E-state index in [0.29, 0.717) is 35.1 Å². The maximum Gasteiger partial charge on any atom is 0.329 e. The molecule has 104 valence electrons. The number of H-pyrrole nitrogens is 1. The van der Waals surface area contributed by atoms with Gasteiger partial charge in [-0.05, 0) is 24.3 Å². The molecule has 0 unspecified atom stereocenters. The van der Waals surface area contributed by atoms with E-state index in [1.807, 2.05) is 0 Å². The van der Waals surface area contributed by atoms with Crippen molar-refractivity contribution < 1.29 is 8.83 Å². The van der Waals surface area contributed by atoms with E-state index in [0.717, 1.165) is 0 Å². The second-order valence-electron chi connectivity index (χ2n) is 4.50. The Hall–Kier alpha value is -3.09. The largest absolute Gasteiger partial charge is 0.467 e. The van der Waals surface area contributed by atoms with Crippen molar-refractivity contribution in [1.29, 1.82) is 0 Å². The molecule has 0 aliphatic heterocycles. The maximum absolute atomic E-state index is 12.0. The number of nitrogens with zero attached hydrogens (tertiary/aromatic N) is 3. The number of rotatable bonds is 3. The van der Waals surface area contributed by atoms with Crippen LogP contribution < -0.4 is 5.69 Å². The van der Waals surface area contributed by atoms with Crippen LogP contribution in [-0.4, -0.2) is 19.5 Å². The van der Waals surface area contributed by atoms with Crippen LogP contribution in [0.4, 0.5) is 0 Å². The molecule has 0 fully saturated rings. The maximum atomic E-state index is 12.0. The molecule has 0 aromatic carbocycles. The molecule has 4 rings (SSSR count). The summed E-state index contributed by atoms with van der Waals surface area (Å²) in [5.41, 5.74) is 1.19. The fraction of sp³-hybridized carbons (Fsp3) is 0.0714. The van der Waals surface area contributed by atoms with E-state index in [1.54, 1.807) is 43.0 Å². The molecule has 0 aliphatic rings. The van der Waals surface area contributed by atoms with Gasteiger partial charge in [0.15, 0.2) is 17.1 Å². The summed E-state index contributed by atoms with van der Waals surface area (Å²) in [6, 6.07) is 7.13. The summed E-state index contributed by atoms with van der Waals surface area (Å²) < 4.78 is 12.1. The highest BCUT2D eigenvalue weighted by molar-refractivity contribution is 5.69. The van der Waals surface area contributed by atoms with Crippen LogP contribution in [0.1, 0.15) is 5.76 Å². The minimum absolute atomic E-state index is 0.280. The highest BCUT2D eigenvalue weighted by Crippen LogP contribution is 2.18. The Balaban J connectivity index is 1.87. The highest BCUT2D eigenvalue weighted by Gasteiger charge is 2.13. The lowest BCUT2D eigenvalue weighted by molar-refractivity contribution is 0.492. The minimum Gasteiger partial charge on any atom is -0.467 e. The van der Waals surface area contributed by atoms with E-state index >= 15 is 0 Å². The summed E-state index contributed by atoms with van der Waals surface area (Å²) in [5.74, 6) is 1.27. The molecular formula is C14H10N4O3. The molecule has 0 atom stereocenters. The number of furan rings is 2. The Morgan fingerprint density at radius 2 is 2.05 bits per heavy atom. The Morgan fingerprint density at radius 1 is 1.19 bits per heavy atom. The van der Waals surface area contributed by atoms with Gasteiger partial charge < -0.3 is 8.83 Å². The number of fused-ring (bicyclic) bond motifs is 1. The minimum atomic E-state index is -0.280. The second kappa shape index (κ2) is 4.48. The lowest BCUT2D eigenvalue weighted by atomic mass is 10.3. The molecule has 0 saturated heterocycles. The van der Waals surface area contributed by atoms with Gasteiger partial charge in [-0.2, -0.15) is 0 Å². The van der Waals surface area contributed by atoms with Crippen molar-refractivity contribution in [3.63, 3.8) is 0 Å². The molecule has 4 aromatic heterocycles. The van der Waals surface area contributed by atoms with Gasteiger partial charge in [0, 0.05) is 0 Å². The number of imidazole rings is 1. The molecule has 7 nitrogen and oxygen atoms in total. The summed E-state index contributed by atoms with van der Waals surface area (Å²) in [7, 11) is 0. The van der Waals surface area contributed by atoms with Gasteiger partial charge >= 0.3 is 5.69 Å². The number of nitrogens with one attached hydrogen (secondary N) is 1. The van der Waals surface area contributed by atoms with E-state index in [1.165, 1.54) is 4.57 Å². The Kier molecular flexibility index (Phi) is 2.50. The number of aromatic nitrogens is 4. The summed E-state index contributed by atoms with van der Waals surface area (Å²) >= 11 is 0. The zero-order chi connectivity index (χ0) is 14.2. The van der Waals surface area contributed by atoms with Crippen LogP contribution >= 0.6 is 0 Å². The van der Waals surface area contributed by atoms with Crippen molar-refractivity contribution in [2.24, 2.45) is 0 Å². The van der Waals surface area contributed by atoms with E-state index in [4.69, 9.17) is 8.83 Å². The van der Waals surface area contributed by atoms with Crippen molar-refractivity contribution in [3.05, 3.63) is 59.2 Å². The van der Waals surface area contributed by atoms with E-state index in [9.17, 15) is 4.79 Å². The zero-order valence-corrected chi connectivity index (χ0v) is 10.8. The molecule has 7 heteroatoms. The van der Waals surface area contributed by atoms with Gasteiger partial charge in [-0.3, -0.25) is 9.55 Å². The molecule has 1 N–H and O–H groups in total. The van der Waals surface area contributed by atoms with Gasteiger partial charge in [-0.15, -0.1) is 0 Å². The van der Waals surface area contributed by atoms with Crippen molar-refractivity contribution in [1.82, 2.24) is 19.5 Å². The standard InChI is InChI=1S/C14H10N4O3/c19-14-17-12-13(18(14)8-9-3-1-5-20-9)16-10(7-15-12)11-4-2-6-21-11/h1-7H,8H2,(H,15,17,19). The first-order valence-electron chi connectivity index (χ1n) is 6.33. The Morgan fingerprint density at radius 3 is 2.81 bits per heavy atom. The topological polar surface area (TPSA) is 89.9 Å². The van der Waals surface area contributed by atoms with E-state index in [2.05, 4.69) is 15.0 Å². The van der Waals surface area contributed by atoms with Gasteiger partial charge in [0.05, 0.1) is 25.3 Å². The molecule has 0 bridgehead atoms. The molecule has 4 heterocycles. The van der Waals surface area contributed by atoms with Crippen LogP contribution in [0.5, 0.6) is 0 Å². The third kappa shape index (κ3) is 1.95. The van der Waals surface area contributed by atoms with Gasteiger partial charge in [-0.1, -0.05) is 0 Å². The third-order valence-electron chi connectivity index (χ3n) is 3.15. The predicted molar refractivity (Wildman–Crippen MR) is 73.7 cm³/mol. The van der Waals surface area contributed by atoms with Crippen LogP contribution in [0.25, 0.3) is 22.7 Å². The molecule has 0 aliphatic carbocycles. The zero-order valence-electron chi connectivity index (χ0n) is 10.8. The first kappa shape index (κ1) is 11.7. The second-order valence-corrected chi connectivity index (χ2v) is 4.50. The quantitative estimate of drug-likeness (QED) is 0.621. The van der Waals surface area contributed by atoms with Crippen LogP contribution in [0.3, 0.4) is 0 Å². The first-order chi connectivity index (χ1) is 10.3. The van der Waals surface area contributed by atoms with E-state index < -0.39 is 0 Å². The lowest BCUT2D eigenvalue weighted by Crippen LogP contribution is -2.17. The van der Waals surface area contributed by atoms with Gasteiger partial charge in [0.1, 0.15) is 11.5 Å². The van der Waals surface area contributed by atoms with E-state index in [-0.39, 0.29) is 5.69 Å². The normalized spacial score (nSPS) is 11.2. The van der Waals surface area contributed by atoms with Crippen molar-refractivity contribution >= 4 is 11.3 Å². The summed E-state index contributed by atoms with van der Waals surface area (Å²) in [6.07, 6.45) is 4.69. The first-order valence-corrected chi connectivity index (χ1v) is 6.33. The molecule has 21 heavy (non-hydrogen) atoms. The number of hydrogen-bond donors (Lipinski definition) is 1. The fourth-order valence-corrected chi connectivity index (χ4v) is 2.17. The SMILES string of the molecule is O=c1[nH]c2ncc(-c3ccco3)nc2n1Cc1ccco1. The van der Waals surface area contributed by atoms with Crippen LogP contribution in [0.15, 0.2) is 56.6 Å². The number of aromatic amines is 1. The Bertz CT molecular complexity index is 933. The predicted octanol–water partition coefficient (Wildman–Crippen LogP) is 2.02. The average Bonchev–Trinajstić information content (AvgIpc) is 3.22. The monoisotopic (exact) mass is 282 g/mol. The molecule has 0 saturated carbocycles. The van der Waals surface area contributed by atoms with Crippen LogP contribution in [0, 0.1) is 0 Å². The molecule has 0 spiro atoms. The number of hydrogen-bond acceptors (Lipinski definition) is 5. The third-order valence-corrected chi connectivity index (χ3v) is 3.15. The lowest BCUT2D eigenvalue weighted by Gasteiger charge is -2.01. The van der Waals surface area contributed by atoms with Crippen molar-refractivity contribution in [2.75, 3.05) is 0 Å². The van der Waals surface area contributed by atoms with Crippen LogP contribution in [0.2, 0.25) is 0 Å². The van der Waals surface area contributed by atoms with Crippen LogP contribution in [-0.2, 0) is 6.54 Å².